The first-order valence-corrected chi connectivity index (χ1v) is 7.20. The number of nitrogens with two attached hydrogens (primary N) is 1. The minimum Gasteiger partial charge on any atom is -0.370 e. The number of hydrogen-bond acceptors (Lipinski definition) is 4. The summed E-state index contributed by atoms with van der Waals surface area (Å²) in [6.07, 6.45) is -4.42. The van der Waals surface area contributed by atoms with Crippen LogP contribution >= 0.6 is 0 Å². The van der Waals surface area contributed by atoms with Crippen molar-refractivity contribution in [1.82, 2.24) is 5.32 Å². The number of benzene rings is 1. The number of ether oxygens (including phenoxy) is 1. The first-order chi connectivity index (χ1) is 9.59. The van der Waals surface area contributed by atoms with Gasteiger partial charge in [-0.05, 0) is 18.2 Å². The zero-order valence-electron chi connectivity index (χ0n) is 10.7. The van der Waals surface area contributed by atoms with Crippen LogP contribution in [0.25, 0.3) is 0 Å². The van der Waals surface area contributed by atoms with E-state index in [1.165, 1.54) is 18.2 Å². The first kappa shape index (κ1) is 17.4. The van der Waals surface area contributed by atoms with Gasteiger partial charge >= 0.3 is 6.18 Å². The highest BCUT2D eigenvalue weighted by molar-refractivity contribution is 7.89. The van der Waals surface area contributed by atoms with Crippen LogP contribution in [-0.2, 0) is 14.8 Å². The highest BCUT2D eigenvalue weighted by Crippen LogP contribution is 2.14. The molecule has 21 heavy (non-hydrogen) atoms. The largest absolute Gasteiger partial charge is 0.411 e. The number of amides is 1. The summed E-state index contributed by atoms with van der Waals surface area (Å²) in [5.74, 6) is -0.642. The van der Waals surface area contributed by atoms with Crippen LogP contribution in [0.3, 0.4) is 0 Å². The maximum absolute atomic E-state index is 11.8. The SMILES string of the molecule is NS(=O)(=O)c1cccc(C(=O)NCCOCC(F)(F)F)c1. The lowest BCUT2D eigenvalue weighted by molar-refractivity contribution is -0.173. The lowest BCUT2D eigenvalue weighted by Crippen LogP contribution is -2.29. The Morgan fingerprint density at radius 1 is 1.33 bits per heavy atom. The van der Waals surface area contributed by atoms with Gasteiger partial charge in [-0.3, -0.25) is 4.79 Å². The second-order valence-corrected chi connectivity index (χ2v) is 5.56. The number of rotatable bonds is 6. The summed E-state index contributed by atoms with van der Waals surface area (Å²) in [5.41, 5.74) is 0.0253. The highest BCUT2D eigenvalue weighted by Gasteiger charge is 2.27. The van der Waals surface area contributed by atoms with Crippen LogP contribution in [0.15, 0.2) is 29.2 Å². The number of alkyl halides is 3. The van der Waals surface area contributed by atoms with Gasteiger partial charge in [0.15, 0.2) is 0 Å². The molecule has 0 aliphatic rings. The van der Waals surface area contributed by atoms with Crippen LogP contribution < -0.4 is 10.5 Å². The van der Waals surface area contributed by atoms with E-state index in [9.17, 15) is 26.4 Å². The van der Waals surface area contributed by atoms with Crippen LogP contribution in [0.1, 0.15) is 10.4 Å². The summed E-state index contributed by atoms with van der Waals surface area (Å²) in [7, 11) is -3.93. The van der Waals surface area contributed by atoms with Crippen molar-refractivity contribution in [3.63, 3.8) is 0 Å². The zero-order valence-corrected chi connectivity index (χ0v) is 11.5. The fourth-order valence-corrected chi connectivity index (χ4v) is 1.90. The molecule has 0 atom stereocenters. The minimum atomic E-state index is -4.42. The van der Waals surface area contributed by atoms with Crippen molar-refractivity contribution < 1.29 is 31.1 Å². The van der Waals surface area contributed by atoms with E-state index in [1.54, 1.807) is 0 Å². The lowest BCUT2D eigenvalue weighted by atomic mass is 10.2. The van der Waals surface area contributed by atoms with Gasteiger partial charge in [0.25, 0.3) is 5.91 Å². The topological polar surface area (TPSA) is 98.5 Å². The van der Waals surface area contributed by atoms with Gasteiger partial charge in [0.05, 0.1) is 11.5 Å². The molecule has 0 heterocycles. The number of carbonyl (C=O) groups is 1. The van der Waals surface area contributed by atoms with E-state index >= 15 is 0 Å². The fraction of sp³-hybridized carbons (Fsp3) is 0.364. The summed E-state index contributed by atoms with van der Waals surface area (Å²) >= 11 is 0. The second-order valence-electron chi connectivity index (χ2n) is 4.00. The molecule has 0 saturated carbocycles. The molecule has 10 heteroatoms. The van der Waals surface area contributed by atoms with E-state index < -0.39 is 28.7 Å². The molecule has 118 valence electrons. The van der Waals surface area contributed by atoms with Gasteiger partial charge in [0.2, 0.25) is 10.0 Å². The fourth-order valence-electron chi connectivity index (χ4n) is 1.34. The molecule has 1 aromatic rings. The average Bonchev–Trinajstić information content (AvgIpc) is 2.36. The van der Waals surface area contributed by atoms with E-state index in [1.807, 2.05) is 0 Å². The van der Waals surface area contributed by atoms with Crippen molar-refractivity contribution in [3.8, 4) is 0 Å². The normalized spacial score (nSPS) is 12.2. The molecule has 1 rings (SSSR count). The number of hydrogen-bond donors (Lipinski definition) is 2. The summed E-state index contributed by atoms with van der Waals surface area (Å²) in [4.78, 5) is 11.4. The second kappa shape index (κ2) is 6.87. The number of halogens is 3. The maximum atomic E-state index is 11.8. The third-order valence-electron chi connectivity index (χ3n) is 2.22. The minimum absolute atomic E-state index is 0.0253. The number of primary sulfonamides is 1. The molecule has 0 aliphatic heterocycles. The molecule has 0 bridgehead atoms. The van der Waals surface area contributed by atoms with Gasteiger partial charge < -0.3 is 10.1 Å². The molecule has 3 N–H and O–H groups in total. The van der Waals surface area contributed by atoms with Gasteiger partial charge in [0, 0.05) is 12.1 Å². The van der Waals surface area contributed by atoms with Crippen LogP contribution in [0.2, 0.25) is 0 Å². The summed E-state index contributed by atoms with van der Waals surface area (Å²) in [5, 5.41) is 7.22. The average molecular weight is 326 g/mol. The molecule has 0 spiro atoms. The number of carbonyl (C=O) groups excluding carboxylic acids is 1. The van der Waals surface area contributed by atoms with Crippen LogP contribution in [0.5, 0.6) is 0 Å². The van der Waals surface area contributed by atoms with Crippen LogP contribution in [0, 0.1) is 0 Å². The van der Waals surface area contributed by atoms with Crippen LogP contribution in [-0.4, -0.2) is 40.3 Å². The molecule has 6 nitrogen and oxygen atoms in total. The van der Waals surface area contributed by atoms with Gasteiger partial charge in [-0.15, -0.1) is 0 Å². The standard InChI is InChI=1S/C11H13F3N2O4S/c12-11(13,14)7-20-5-4-16-10(17)8-2-1-3-9(6-8)21(15,18)19/h1-3,6H,4-5,7H2,(H,16,17)(H2,15,18,19). The third kappa shape index (κ3) is 6.56. The predicted octanol–water partition coefficient (Wildman–Crippen LogP) is 0.643. The predicted molar refractivity (Wildman–Crippen MR) is 67.0 cm³/mol. The number of sulfonamides is 1. The molecule has 0 aliphatic carbocycles. The van der Waals surface area contributed by atoms with Crippen LogP contribution in [0.4, 0.5) is 13.2 Å². The molecule has 0 unspecified atom stereocenters. The van der Waals surface area contributed by atoms with E-state index in [0.717, 1.165) is 6.07 Å². The molecule has 0 radical (unpaired) electrons. The Bertz CT molecular complexity index is 602. The zero-order chi connectivity index (χ0) is 16.1. The Morgan fingerprint density at radius 2 is 2.00 bits per heavy atom. The Kier molecular flexibility index (Phi) is 5.70. The Balaban J connectivity index is 2.50. The smallest absolute Gasteiger partial charge is 0.370 e. The summed E-state index contributed by atoms with van der Waals surface area (Å²) in [6, 6.07) is 4.97. The van der Waals surface area contributed by atoms with Gasteiger partial charge in [-0.2, -0.15) is 13.2 Å². The van der Waals surface area contributed by atoms with Crippen molar-refractivity contribution in [1.29, 1.82) is 0 Å². The van der Waals surface area contributed by atoms with E-state index in [2.05, 4.69) is 10.1 Å². The Hall–Kier alpha value is -1.65. The van der Waals surface area contributed by atoms with E-state index in [4.69, 9.17) is 5.14 Å². The number of nitrogens with one attached hydrogen (secondary N) is 1. The Labute approximate surface area is 119 Å². The summed E-state index contributed by atoms with van der Waals surface area (Å²) in [6.45, 7) is -1.86. The first-order valence-electron chi connectivity index (χ1n) is 5.65. The molecule has 0 fully saturated rings. The quantitative estimate of drug-likeness (QED) is 0.750. The Morgan fingerprint density at radius 3 is 2.57 bits per heavy atom. The van der Waals surface area contributed by atoms with E-state index in [0.29, 0.717) is 0 Å². The van der Waals surface area contributed by atoms with Crippen molar-refractivity contribution in [2.45, 2.75) is 11.1 Å². The molecular weight excluding hydrogens is 313 g/mol. The van der Waals surface area contributed by atoms with Crippen molar-refractivity contribution in [2.75, 3.05) is 19.8 Å². The van der Waals surface area contributed by atoms with Gasteiger partial charge in [-0.1, -0.05) is 6.07 Å². The van der Waals surface area contributed by atoms with Gasteiger partial charge in [-0.25, -0.2) is 13.6 Å². The van der Waals surface area contributed by atoms with E-state index in [-0.39, 0.29) is 23.6 Å². The summed E-state index contributed by atoms with van der Waals surface area (Å²) < 4.78 is 61.9. The van der Waals surface area contributed by atoms with Crippen molar-refractivity contribution in [2.24, 2.45) is 5.14 Å². The highest BCUT2D eigenvalue weighted by atomic mass is 32.2. The third-order valence-corrected chi connectivity index (χ3v) is 3.13. The monoisotopic (exact) mass is 326 g/mol. The molecule has 0 aromatic heterocycles. The molecular formula is C11H13F3N2O4S. The maximum Gasteiger partial charge on any atom is 0.411 e. The molecule has 0 saturated heterocycles. The lowest BCUT2D eigenvalue weighted by Gasteiger charge is -2.09. The molecule has 1 amide bonds. The molecule has 1 aromatic carbocycles. The van der Waals surface area contributed by atoms with Crippen molar-refractivity contribution >= 4 is 15.9 Å². The van der Waals surface area contributed by atoms with Gasteiger partial charge in [0.1, 0.15) is 6.61 Å². The van der Waals surface area contributed by atoms with Crippen molar-refractivity contribution in [3.05, 3.63) is 29.8 Å².